The fraction of sp³-hybridized carbons (Fsp3) is 0.409. The molecule has 2 amide bonds. The monoisotopic (exact) mass is 354 g/mol. The van der Waals surface area contributed by atoms with Crippen LogP contribution in [0.3, 0.4) is 0 Å². The molecule has 0 radical (unpaired) electrons. The summed E-state index contributed by atoms with van der Waals surface area (Å²) < 4.78 is 5.68. The lowest BCUT2D eigenvalue weighted by Gasteiger charge is -2.23. The molecule has 26 heavy (non-hydrogen) atoms. The maximum atomic E-state index is 12.7. The molecular formula is C22H30N2O2. The number of para-hydroxylation sites is 2. The summed E-state index contributed by atoms with van der Waals surface area (Å²) in [6.07, 6.45) is 0. The van der Waals surface area contributed by atoms with Crippen molar-refractivity contribution in [2.24, 2.45) is 0 Å². The summed E-state index contributed by atoms with van der Waals surface area (Å²) in [5.41, 5.74) is 3.27. The van der Waals surface area contributed by atoms with Gasteiger partial charge in [0.1, 0.15) is 12.4 Å². The minimum Gasteiger partial charge on any atom is -0.492 e. The number of carbonyl (C=O) groups excluding carboxylic acids is 1. The van der Waals surface area contributed by atoms with E-state index in [0.29, 0.717) is 25.0 Å². The molecule has 4 nitrogen and oxygen atoms in total. The Bertz CT molecular complexity index is 685. The van der Waals surface area contributed by atoms with Gasteiger partial charge in [-0.15, -0.1) is 0 Å². The largest absolute Gasteiger partial charge is 0.492 e. The lowest BCUT2D eigenvalue weighted by atomic mass is 9.93. The molecule has 0 aliphatic rings. The van der Waals surface area contributed by atoms with E-state index in [9.17, 15) is 4.79 Å². The van der Waals surface area contributed by atoms with Crippen LogP contribution in [0.1, 0.15) is 50.7 Å². The number of anilines is 1. The van der Waals surface area contributed by atoms with Gasteiger partial charge in [-0.05, 0) is 35.1 Å². The second-order valence-electron chi connectivity index (χ2n) is 7.13. The normalized spacial score (nSPS) is 10.9. The maximum Gasteiger partial charge on any atom is 0.321 e. The third-order valence-electron chi connectivity index (χ3n) is 4.39. The van der Waals surface area contributed by atoms with E-state index >= 15 is 0 Å². The Kier molecular flexibility index (Phi) is 7.07. The molecule has 2 aromatic rings. The molecule has 0 unspecified atom stereocenters. The molecule has 4 heteroatoms. The van der Waals surface area contributed by atoms with Gasteiger partial charge in [0, 0.05) is 12.7 Å². The average molecular weight is 354 g/mol. The van der Waals surface area contributed by atoms with Gasteiger partial charge in [0.05, 0.1) is 6.54 Å². The second-order valence-corrected chi connectivity index (χ2v) is 7.13. The van der Waals surface area contributed by atoms with Crippen molar-refractivity contribution < 1.29 is 9.53 Å². The number of urea groups is 1. The molecule has 0 saturated carbocycles. The van der Waals surface area contributed by atoms with Crippen LogP contribution in [0.4, 0.5) is 10.5 Å². The highest BCUT2D eigenvalue weighted by Crippen LogP contribution is 2.32. The number of likely N-dealkylation sites (N-methyl/N-ethyl adjacent to an activating group) is 1. The highest BCUT2D eigenvalue weighted by molar-refractivity contribution is 5.91. The number of carbonyl (C=O) groups is 1. The summed E-state index contributed by atoms with van der Waals surface area (Å²) >= 11 is 0. The minimum absolute atomic E-state index is 0.114. The Morgan fingerprint density at radius 3 is 2.08 bits per heavy atom. The Hall–Kier alpha value is -2.49. The summed E-state index contributed by atoms with van der Waals surface area (Å²) in [5.74, 6) is 1.50. The molecule has 0 aliphatic carbocycles. The van der Waals surface area contributed by atoms with Gasteiger partial charge in [-0.1, -0.05) is 64.1 Å². The number of amides is 2. The first-order chi connectivity index (χ1) is 12.4. The van der Waals surface area contributed by atoms with Gasteiger partial charge in [0.2, 0.25) is 0 Å². The Morgan fingerprint density at radius 1 is 0.962 bits per heavy atom. The fourth-order valence-corrected chi connectivity index (χ4v) is 2.82. The van der Waals surface area contributed by atoms with Gasteiger partial charge in [0.25, 0.3) is 0 Å². The highest BCUT2D eigenvalue weighted by atomic mass is 16.5. The van der Waals surface area contributed by atoms with Crippen molar-refractivity contribution in [2.75, 3.05) is 25.5 Å². The van der Waals surface area contributed by atoms with Gasteiger partial charge < -0.3 is 15.0 Å². The van der Waals surface area contributed by atoms with E-state index in [-0.39, 0.29) is 6.03 Å². The van der Waals surface area contributed by atoms with Crippen LogP contribution in [0, 0.1) is 0 Å². The van der Waals surface area contributed by atoms with Crippen LogP contribution in [-0.4, -0.2) is 31.1 Å². The smallest absolute Gasteiger partial charge is 0.321 e. The zero-order chi connectivity index (χ0) is 19.1. The van der Waals surface area contributed by atoms with Gasteiger partial charge in [0.15, 0.2) is 0 Å². The van der Waals surface area contributed by atoms with E-state index in [4.69, 9.17) is 4.74 Å². The molecule has 1 N–H and O–H groups in total. The van der Waals surface area contributed by atoms with Gasteiger partial charge in [-0.2, -0.15) is 0 Å². The minimum atomic E-state index is -0.114. The predicted octanol–water partition coefficient (Wildman–Crippen LogP) is 5.48. The molecule has 140 valence electrons. The third kappa shape index (κ3) is 5.25. The number of nitrogens with one attached hydrogen (secondary N) is 1. The number of nitrogens with zero attached hydrogens (tertiary/aromatic N) is 1. The molecule has 0 fully saturated rings. The molecule has 0 aliphatic heterocycles. The Balaban J connectivity index is 2.02. The molecule has 0 heterocycles. The maximum absolute atomic E-state index is 12.7. The quantitative estimate of drug-likeness (QED) is 0.716. The van der Waals surface area contributed by atoms with E-state index in [1.165, 1.54) is 11.1 Å². The van der Waals surface area contributed by atoms with Crippen LogP contribution in [0.25, 0.3) is 0 Å². The molecule has 0 saturated heterocycles. The first-order valence-electron chi connectivity index (χ1n) is 9.23. The van der Waals surface area contributed by atoms with Crippen molar-refractivity contribution in [3.8, 4) is 5.75 Å². The molecular weight excluding hydrogens is 324 g/mol. The molecule has 0 atom stereocenters. The summed E-state index contributed by atoms with van der Waals surface area (Å²) in [5, 5.41) is 3.12. The molecule has 0 aromatic heterocycles. The number of hydrogen-bond acceptors (Lipinski definition) is 2. The zero-order valence-electron chi connectivity index (χ0n) is 16.5. The van der Waals surface area contributed by atoms with Crippen LogP contribution in [0.15, 0.2) is 48.5 Å². The highest BCUT2D eigenvalue weighted by Gasteiger charge is 2.17. The van der Waals surface area contributed by atoms with Crippen LogP contribution in [0.2, 0.25) is 0 Å². The van der Waals surface area contributed by atoms with E-state index in [1.807, 2.05) is 30.3 Å². The Labute approximate surface area is 157 Å². The SMILES string of the molecule is CC(C)c1cccc(C(C)C)c1NC(=O)N(C)CCOc1ccccc1. The van der Waals surface area contributed by atoms with Crippen molar-refractivity contribution in [3.63, 3.8) is 0 Å². The van der Waals surface area contributed by atoms with Crippen LogP contribution >= 0.6 is 0 Å². The topological polar surface area (TPSA) is 41.6 Å². The van der Waals surface area contributed by atoms with Crippen molar-refractivity contribution in [1.29, 1.82) is 0 Å². The number of benzene rings is 2. The Morgan fingerprint density at radius 2 is 1.54 bits per heavy atom. The summed E-state index contributed by atoms with van der Waals surface area (Å²) in [6, 6.07) is 15.8. The van der Waals surface area contributed by atoms with E-state index < -0.39 is 0 Å². The third-order valence-corrected chi connectivity index (χ3v) is 4.39. The summed E-state index contributed by atoms with van der Waals surface area (Å²) in [4.78, 5) is 14.3. The standard InChI is InChI=1S/C22H30N2O2/c1-16(2)19-12-9-13-20(17(3)4)21(19)23-22(25)24(5)14-15-26-18-10-7-6-8-11-18/h6-13,16-17H,14-15H2,1-5H3,(H,23,25). The zero-order valence-corrected chi connectivity index (χ0v) is 16.5. The summed E-state index contributed by atoms with van der Waals surface area (Å²) in [7, 11) is 1.79. The average Bonchev–Trinajstić information content (AvgIpc) is 2.62. The van der Waals surface area contributed by atoms with E-state index in [0.717, 1.165) is 11.4 Å². The van der Waals surface area contributed by atoms with Gasteiger partial charge >= 0.3 is 6.03 Å². The first kappa shape index (κ1) is 19.8. The van der Waals surface area contributed by atoms with Crippen molar-refractivity contribution in [1.82, 2.24) is 4.90 Å². The van der Waals surface area contributed by atoms with Gasteiger partial charge in [-0.3, -0.25) is 0 Å². The fourth-order valence-electron chi connectivity index (χ4n) is 2.82. The van der Waals surface area contributed by atoms with Gasteiger partial charge in [-0.25, -0.2) is 4.79 Å². The molecule has 0 bridgehead atoms. The lowest BCUT2D eigenvalue weighted by Crippen LogP contribution is -2.35. The van der Waals surface area contributed by atoms with Crippen LogP contribution in [0.5, 0.6) is 5.75 Å². The number of hydrogen-bond donors (Lipinski definition) is 1. The molecule has 2 rings (SSSR count). The van der Waals surface area contributed by atoms with E-state index in [2.05, 4.69) is 51.2 Å². The molecule has 2 aromatic carbocycles. The number of ether oxygens (including phenoxy) is 1. The van der Waals surface area contributed by atoms with Crippen molar-refractivity contribution in [2.45, 2.75) is 39.5 Å². The van der Waals surface area contributed by atoms with E-state index in [1.54, 1.807) is 11.9 Å². The predicted molar refractivity (Wildman–Crippen MR) is 108 cm³/mol. The second kappa shape index (κ2) is 9.27. The first-order valence-corrected chi connectivity index (χ1v) is 9.23. The van der Waals surface area contributed by atoms with Crippen LogP contribution in [-0.2, 0) is 0 Å². The lowest BCUT2D eigenvalue weighted by molar-refractivity contribution is 0.207. The van der Waals surface area contributed by atoms with Crippen LogP contribution < -0.4 is 10.1 Å². The van der Waals surface area contributed by atoms with Crippen molar-refractivity contribution >= 4 is 11.7 Å². The summed E-state index contributed by atoms with van der Waals surface area (Å²) in [6.45, 7) is 9.55. The molecule has 0 spiro atoms. The number of rotatable bonds is 7. The van der Waals surface area contributed by atoms with Crippen molar-refractivity contribution in [3.05, 3.63) is 59.7 Å².